The van der Waals surface area contributed by atoms with Crippen LogP contribution in [0.2, 0.25) is 0 Å². The summed E-state index contributed by atoms with van der Waals surface area (Å²) < 4.78 is 11.5. The van der Waals surface area contributed by atoms with Crippen LogP contribution in [-0.4, -0.2) is 26.7 Å². The van der Waals surface area contributed by atoms with Gasteiger partial charge in [0.15, 0.2) is 0 Å². The summed E-state index contributed by atoms with van der Waals surface area (Å²) in [6, 6.07) is 24.6. The maximum atomic E-state index is 5.97. The Bertz CT molecular complexity index is 1380. The maximum absolute atomic E-state index is 5.97. The van der Waals surface area contributed by atoms with Gasteiger partial charge in [-0.25, -0.2) is 0 Å². The molecule has 2 aliphatic rings. The van der Waals surface area contributed by atoms with Crippen LogP contribution in [0.3, 0.4) is 0 Å². The van der Waals surface area contributed by atoms with E-state index in [2.05, 4.69) is 42.5 Å². The Morgan fingerprint density at radius 3 is 1.97 bits per heavy atom. The fourth-order valence-corrected chi connectivity index (χ4v) is 4.07. The second-order valence-corrected chi connectivity index (χ2v) is 8.64. The number of benzene rings is 4. The van der Waals surface area contributed by atoms with Crippen molar-refractivity contribution < 1.29 is 9.47 Å². The maximum Gasteiger partial charge on any atom is 0.137 e. The number of ether oxygens (including phenoxy) is 2. The third-order valence-electron chi connectivity index (χ3n) is 5.67. The molecule has 0 bridgehead atoms. The van der Waals surface area contributed by atoms with Crippen LogP contribution in [0.5, 0.6) is 11.5 Å². The number of rotatable bonds is 0. The minimum absolute atomic E-state index is 0. The van der Waals surface area contributed by atoms with Crippen molar-refractivity contribution in [2.45, 2.75) is 32.3 Å². The van der Waals surface area contributed by atoms with E-state index in [0.717, 1.165) is 28.0 Å². The Morgan fingerprint density at radius 1 is 0.636 bits per heavy atom. The molecule has 0 saturated carbocycles. The van der Waals surface area contributed by atoms with Gasteiger partial charge in [-0.1, -0.05) is 98.5 Å². The molecule has 0 aliphatic carbocycles. The van der Waals surface area contributed by atoms with Gasteiger partial charge < -0.3 is 9.47 Å². The van der Waals surface area contributed by atoms with Gasteiger partial charge in [-0.15, -0.1) is 0 Å². The Kier molecular flexibility index (Phi) is 5.88. The van der Waals surface area contributed by atoms with Gasteiger partial charge in [0.1, 0.15) is 27.2 Å². The van der Waals surface area contributed by atoms with Crippen LogP contribution < -0.4 is 9.47 Å². The van der Waals surface area contributed by atoms with Crippen molar-refractivity contribution in [1.29, 1.82) is 0 Å². The first-order valence-corrected chi connectivity index (χ1v) is 10.7. The van der Waals surface area contributed by atoms with Gasteiger partial charge in [0, 0.05) is 16.5 Å². The van der Waals surface area contributed by atoms with Gasteiger partial charge in [0.25, 0.3) is 0 Å². The standard InChI is InChI=1S/2C14H11BO.CH4/c1-14(15)9-8-11-7-6-10-4-2-3-5-12(10)13(11)16-14;1-14(15)9-8-12-11-5-3-2-4-10(11)6-7-13(12)16-14;/h2*2-9H,1H3;1H4. The number of hydrogen-bond donors (Lipinski definition) is 0. The Balaban J connectivity index is 0.000000152. The minimum Gasteiger partial charge on any atom is -0.493 e. The summed E-state index contributed by atoms with van der Waals surface area (Å²) in [5.74, 6) is 1.73. The monoisotopic (exact) mass is 428 g/mol. The highest BCUT2D eigenvalue weighted by Gasteiger charge is 2.23. The van der Waals surface area contributed by atoms with Crippen LogP contribution in [-0.2, 0) is 0 Å². The molecule has 0 fully saturated rings. The molecule has 2 aliphatic heterocycles. The molecular weight excluding hydrogens is 402 g/mol. The van der Waals surface area contributed by atoms with Gasteiger partial charge >= 0.3 is 0 Å². The smallest absolute Gasteiger partial charge is 0.137 e. The molecule has 4 heteroatoms. The predicted molar refractivity (Wildman–Crippen MR) is 142 cm³/mol. The Labute approximate surface area is 198 Å². The van der Waals surface area contributed by atoms with Crippen molar-refractivity contribution in [3.8, 4) is 11.5 Å². The van der Waals surface area contributed by atoms with E-state index in [4.69, 9.17) is 25.2 Å². The molecule has 0 spiro atoms. The molecule has 4 aromatic rings. The first-order chi connectivity index (χ1) is 15.3. The van der Waals surface area contributed by atoms with Crippen LogP contribution in [0.1, 0.15) is 32.4 Å². The Morgan fingerprint density at radius 2 is 1.21 bits per heavy atom. The molecule has 33 heavy (non-hydrogen) atoms. The minimum atomic E-state index is -0.711. The molecule has 0 aromatic heterocycles. The largest absolute Gasteiger partial charge is 0.493 e. The SMILES string of the molecule is C.[B]C1(C)C=Cc2c(ccc3ccccc23)O1.[B]C1(C)C=Cc2ccc3ccccc3c2O1. The van der Waals surface area contributed by atoms with E-state index in [1.807, 2.05) is 68.5 Å². The summed E-state index contributed by atoms with van der Waals surface area (Å²) in [6.07, 6.45) is 7.83. The van der Waals surface area contributed by atoms with Crippen LogP contribution in [0.25, 0.3) is 33.7 Å². The Hall–Kier alpha value is -3.39. The van der Waals surface area contributed by atoms with Gasteiger partial charge in [0.2, 0.25) is 0 Å². The third kappa shape index (κ3) is 4.57. The second kappa shape index (κ2) is 8.51. The lowest BCUT2D eigenvalue weighted by Crippen LogP contribution is -2.32. The molecule has 6 rings (SSSR count). The molecule has 2 nitrogen and oxygen atoms in total. The van der Waals surface area contributed by atoms with Crippen molar-refractivity contribution in [3.05, 3.63) is 96.1 Å². The fourth-order valence-electron chi connectivity index (χ4n) is 4.07. The number of fused-ring (bicyclic) bond motifs is 6. The lowest BCUT2D eigenvalue weighted by atomic mass is 9.81. The molecule has 2 atom stereocenters. The van der Waals surface area contributed by atoms with Crippen molar-refractivity contribution in [1.82, 2.24) is 0 Å². The summed E-state index contributed by atoms with van der Waals surface area (Å²) in [7, 11) is 11.9. The van der Waals surface area contributed by atoms with Gasteiger partial charge in [-0.05, 0) is 36.1 Å². The van der Waals surface area contributed by atoms with E-state index in [0.29, 0.717) is 0 Å². The molecule has 160 valence electrons. The summed E-state index contributed by atoms with van der Waals surface area (Å²) in [6.45, 7) is 3.70. The van der Waals surface area contributed by atoms with Crippen molar-refractivity contribution in [3.63, 3.8) is 0 Å². The molecule has 0 saturated heterocycles. The van der Waals surface area contributed by atoms with Crippen LogP contribution in [0, 0.1) is 0 Å². The van der Waals surface area contributed by atoms with E-state index >= 15 is 0 Å². The zero-order valence-corrected chi connectivity index (χ0v) is 18.2. The lowest BCUT2D eigenvalue weighted by molar-refractivity contribution is 0.224. The average molecular weight is 428 g/mol. The predicted octanol–water partition coefficient (Wildman–Crippen LogP) is 6.90. The lowest BCUT2D eigenvalue weighted by Gasteiger charge is -2.29. The molecule has 4 aromatic carbocycles. The summed E-state index contributed by atoms with van der Waals surface area (Å²) >= 11 is 0. The average Bonchev–Trinajstić information content (AvgIpc) is 2.78. The molecule has 4 radical (unpaired) electrons. The van der Waals surface area contributed by atoms with E-state index in [1.54, 1.807) is 0 Å². The van der Waals surface area contributed by atoms with E-state index in [9.17, 15) is 0 Å². The number of hydrogen-bond acceptors (Lipinski definition) is 2. The third-order valence-corrected chi connectivity index (χ3v) is 5.67. The van der Waals surface area contributed by atoms with E-state index < -0.39 is 11.0 Å². The highest BCUT2D eigenvalue weighted by atomic mass is 16.5. The van der Waals surface area contributed by atoms with Crippen molar-refractivity contribution in [2.75, 3.05) is 0 Å². The topological polar surface area (TPSA) is 18.5 Å². The first-order valence-electron chi connectivity index (χ1n) is 10.7. The fraction of sp³-hybridized carbons (Fsp3) is 0.172. The highest BCUT2D eigenvalue weighted by molar-refractivity contribution is 6.17. The van der Waals surface area contributed by atoms with Crippen LogP contribution >= 0.6 is 0 Å². The van der Waals surface area contributed by atoms with Gasteiger partial charge in [-0.2, -0.15) is 0 Å². The summed E-state index contributed by atoms with van der Waals surface area (Å²) in [4.78, 5) is 0. The van der Waals surface area contributed by atoms with Crippen molar-refractivity contribution >= 4 is 49.4 Å². The molecule has 2 unspecified atom stereocenters. The second-order valence-electron chi connectivity index (χ2n) is 8.64. The van der Waals surface area contributed by atoms with Gasteiger partial charge in [0.05, 0.1) is 11.0 Å². The van der Waals surface area contributed by atoms with E-state index in [-0.39, 0.29) is 7.43 Å². The molecule has 2 heterocycles. The van der Waals surface area contributed by atoms with Gasteiger partial charge in [-0.3, -0.25) is 0 Å². The quantitative estimate of drug-likeness (QED) is 0.284. The van der Waals surface area contributed by atoms with Crippen LogP contribution in [0.15, 0.2) is 84.9 Å². The molecule has 0 amide bonds. The van der Waals surface area contributed by atoms with Crippen molar-refractivity contribution in [2.24, 2.45) is 0 Å². The summed E-state index contributed by atoms with van der Waals surface area (Å²) in [5.41, 5.74) is 0.787. The zero-order valence-electron chi connectivity index (χ0n) is 18.2. The highest BCUT2D eigenvalue weighted by Crippen LogP contribution is 2.36. The van der Waals surface area contributed by atoms with E-state index in [1.165, 1.54) is 16.2 Å². The first kappa shape index (κ1) is 22.8. The summed E-state index contributed by atoms with van der Waals surface area (Å²) in [5, 5.41) is 4.70. The molecule has 0 N–H and O–H groups in total. The normalized spacial score (nSPS) is 22.1. The molecular formula is C29H26B2O2. The zero-order chi connectivity index (χ0) is 22.3. The van der Waals surface area contributed by atoms with Crippen LogP contribution in [0.4, 0.5) is 0 Å².